The minimum atomic E-state index is -0.811. The van der Waals surface area contributed by atoms with Crippen LogP contribution in [0.4, 0.5) is 4.79 Å². The van der Waals surface area contributed by atoms with Gasteiger partial charge in [-0.2, -0.15) is 0 Å². The molecule has 0 aromatic heterocycles. The lowest BCUT2D eigenvalue weighted by molar-refractivity contribution is -0.137. The van der Waals surface area contributed by atoms with Gasteiger partial charge in [0.1, 0.15) is 0 Å². The summed E-state index contributed by atoms with van der Waals surface area (Å²) in [7, 11) is 2.07. The van der Waals surface area contributed by atoms with E-state index in [-0.39, 0.29) is 18.5 Å². The smallest absolute Gasteiger partial charge is 0.320 e. The van der Waals surface area contributed by atoms with E-state index >= 15 is 0 Å². The van der Waals surface area contributed by atoms with Crippen LogP contribution in [0, 0.1) is 0 Å². The maximum atomic E-state index is 12.6. The summed E-state index contributed by atoms with van der Waals surface area (Å²) >= 11 is 0. The Morgan fingerprint density at radius 2 is 2.00 bits per heavy atom. The van der Waals surface area contributed by atoms with E-state index in [9.17, 15) is 9.59 Å². The first-order valence-corrected chi connectivity index (χ1v) is 7.30. The Labute approximate surface area is 121 Å². The largest absolute Gasteiger partial charge is 0.481 e. The normalized spacial score (nSPS) is 20.2. The lowest BCUT2D eigenvalue weighted by Crippen LogP contribution is -2.56. The molecule has 0 aromatic rings. The van der Waals surface area contributed by atoms with Crippen molar-refractivity contribution in [3.63, 3.8) is 0 Å². The fourth-order valence-corrected chi connectivity index (χ4v) is 2.38. The van der Waals surface area contributed by atoms with Crippen molar-refractivity contribution in [2.75, 3.05) is 33.2 Å². The van der Waals surface area contributed by atoms with Gasteiger partial charge in [0, 0.05) is 44.7 Å². The van der Waals surface area contributed by atoms with Crippen LogP contribution in [0.2, 0.25) is 0 Å². The number of likely N-dealkylation sites (N-methyl/N-ethyl adjacent to an activating group) is 1. The number of carboxylic acids is 1. The Balaban J connectivity index is 2.57. The van der Waals surface area contributed by atoms with Crippen molar-refractivity contribution < 1.29 is 14.7 Å². The molecule has 116 valence electrons. The maximum absolute atomic E-state index is 12.6. The van der Waals surface area contributed by atoms with E-state index < -0.39 is 5.97 Å². The lowest BCUT2D eigenvalue weighted by atomic mass is 10.2. The van der Waals surface area contributed by atoms with Crippen LogP contribution in [-0.4, -0.2) is 77.1 Å². The average Bonchev–Trinajstić information content (AvgIpc) is 2.36. The number of piperazine rings is 1. The van der Waals surface area contributed by atoms with Gasteiger partial charge in [-0.15, -0.1) is 0 Å². The summed E-state index contributed by atoms with van der Waals surface area (Å²) in [5.74, 6) is -0.811. The van der Waals surface area contributed by atoms with Crippen LogP contribution in [0.1, 0.15) is 33.6 Å². The SMILES string of the molecule is CC1CN(C(=O)N(CCCC(=O)O)C(C)C)CCN1C. The average molecular weight is 285 g/mol. The number of urea groups is 1. The summed E-state index contributed by atoms with van der Waals surface area (Å²) in [6.07, 6.45) is 0.609. The molecule has 1 unspecified atom stereocenters. The third-order valence-electron chi connectivity index (χ3n) is 3.89. The van der Waals surface area contributed by atoms with Gasteiger partial charge in [-0.3, -0.25) is 4.79 Å². The van der Waals surface area contributed by atoms with Gasteiger partial charge >= 0.3 is 12.0 Å². The number of carbonyl (C=O) groups excluding carboxylic acids is 1. The first kappa shape index (κ1) is 16.8. The third-order valence-corrected chi connectivity index (χ3v) is 3.89. The van der Waals surface area contributed by atoms with Crippen molar-refractivity contribution in [1.29, 1.82) is 0 Å². The van der Waals surface area contributed by atoms with Gasteiger partial charge in [0.15, 0.2) is 0 Å². The Morgan fingerprint density at radius 1 is 1.35 bits per heavy atom. The van der Waals surface area contributed by atoms with Crippen LogP contribution < -0.4 is 0 Å². The third kappa shape index (κ3) is 4.67. The zero-order valence-electron chi connectivity index (χ0n) is 13.0. The second-order valence-electron chi connectivity index (χ2n) is 5.84. The molecule has 1 N–H and O–H groups in total. The molecule has 0 aliphatic carbocycles. The molecule has 1 aliphatic rings. The van der Waals surface area contributed by atoms with Crippen molar-refractivity contribution in [2.24, 2.45) is 0 Å². The quantitative estimate of drug-likeness (QED) is 0.827. The highest BCUT2D eigenvalue weighted by Gasteiger charge is 2.28. The Kier molecular flexibility index (Phi) is 6.26. The second kappa shape index (κ2) is 7.47. The summed E-state index contributed by atoms with van der Waals surface area (Å²) in [5.41, 5.74) is 0. The molecule has 0 aromatic carbocycles. The van der Waals surface area contributed by atoms with Gasteiger partial charge in [-0.05, 0) is 34.2 Å². The molecule has 1 fully saturated rings. The number of amides is 2. The van der Waals surface area contributed by atoms with Crippen LogP contribution in [0.25, 0.3) is 0 Å². The Hall–Kier alpha value is -1.30. The number of rotatable bonds is 5. The predicted molar refractivity (Wildman–Crippen MR) is 77.8 cm³/mol. The molecular weight excluding hydrogens is 258 g/mol. The summed E-state index contributed by atoms with van der Waals surface area (Å²) in [5, 5.41) is 8.70. The number of carboxylic acid groups (broad SMARTS) is 1. The van der Waals surface area contributed by atoms with Gasteiger partial charge in [-0.1, -0.05) is 0 Å². The van der Waals surface area contributed by atoms with Gasteiger partial charge in [0.05, 0.1) is 0 Å². The van der Waals surface area contributed by atoms with E-state index in [4.69, 9.17) is 5.11 Å². The van der Waals surface area contributed by atoms with E-state index in [0.717, 1.165) is 19.6 Å². The molecule has 1 saturated heterocycles. The van der Waals surface area contributed by atoms with E-state index in [1.54, 1.807) is 4.90 Å². The predicted octanol–water partition coefficient (Wildman–Crippen LogP) is 1.32. The Bertz CT molecular complexity index is 347. The Morgan fingerprint density at radius 3 is 2.50 bits per heavy atom. The standard InChI is InChI=1S/C14H27N3O3/c1-11(2)17(7-5-6-13(18)19)14(20)16-9-8-15(4)12(3)10-16/h11-12H,5-10H2,1-4H3,(H,18,19). The number of aliphatic carboxylic acids is 1. The molecule has 0 saturated carbocycles. The van der Waals surface area contributed by atoms with Crippen LogP contribution in [0.15, 0.2) is 0 Å². The first-order chi connectivity index (χ1) is 9.32. The van der Waals surface area contributed by atoms with Crippen molar-refractivity contribution in [2.45, 2.75) is 45.7 Å². The van der Waals surface area contributed by atoms with E-state index in [1.807, 2.05) is 18.7 Å². The molecule has 0 bridgehead atoms. The highest BCUT2D eigenvalue weighted by molar-refractivity contribution is 5.75. The van der Waals surface area contributed by atoms with Crippen molar-refractivity contribution in [3.05, 3.63) is 0 Å². The fraction of sp³-hybridized carbons (Fsp3) is 0.857. The molecule has 6 nitrogen and oxygen atoms in total. The summed E-state index contributed by atoms with van der Waals surface area (Å²) in [6, 6.07) is 0.484. The van der Waals surface area contributed by atoms with Gasteiger partial charge in [0.2, 0.25) is 0 Å². The summed E-state index contributed by atoms with van der Waals surface area (Å²) in [4.78, 5) is 29.0. The van der Waals surface area contributed by atoms with Crippen molar-refractivity contribution in [1.82, 2.24) is 14.7 Å². The molecular formula is C14H27N3O3. The molecule has 1 aliphatic heterocycles. The van der Waals surface area contributed by atoms with Crippen LogP contribution in [0.3, 0.4) is 0 Å². The lowest BCUT2D eigenvalue weighted by Gasteiger charge is -2.41. The van der Waals surface area contributed by atoms with Crippen LogP contribution in [-0.2, 0) is 4.79 Å². The highest BCUT2D eigenvalue weighted by Crippen LogP contribution is 2.12. The summed E-state index contributed by atoms with van der Waals surface area (Å²) in [6.45, 7) is 8.91. The molecule has 1 atom stereocenters. The van der Waals surface area contributed by atoms with Crippen LogP contribution in [0.5, 0.6) is 0 Å². The molecule has 1 rings (SSSR count). The molecule has 6 heteroatoms. The molecule has 0 radical (unpaired) electrons. The minimum absolute atomic E-state index is 0.0327. The zero-order valence-corrected chi connectivity index (χ0v) is 13.0. The van der Waals surface area contributed by atoms with Crippen molar-refractivity contribution in [3.8, 4) is 0 Å². The van der Waals surface area contributed by atoms with E-state index in [1.165, 1.54) is 0 Å². The van der Waals surface area contributed by atoms with Crippen LogP contribution >= 0.6 is 0 Å². The number of carbonyl (C=O) groups is 2. The molecule has 0 spiro atoms. The fourth-order valence-electron chi connectivity index (χ4n) is 2.38. The zero-order chi connectivity index (χ0) is 15.3. The van der Waals surface area contributed by atoms with Crippen molar-refractivity contribution >= 4 is 12.0 Å². The van der Waals surface area contributed by atoms with Gasteiger partial charge in [0.25, 0.3) is 0 Å². The molecule has 20 heavy (non-hydrogen) atoms. The summed E-state index contributed by atoms with van der Waals surface area (Å²) < 4.78 is 0. The number of hydrogen-bond donors (Lipinski definition) is 1. The molecule has 1 heterocycles. The number of hydrogen-bond acceptors (Lipinski definition) is 3. The van der Waals surface area contributed by atoms with E-state index in [2.05, 4.69) is 18.9 Å². The highest BCUT2D eigenvalue weighted by atomic mass is 16.4. The van der Waals surface area contributed by atoms with Gasteiger partial charge < -0.3 is 19.8 Å². The topological polar surface area (TPSA) is 64.1 Å². The number of nitrogens with zero attached hydrogens (tertiary/aromatic N) is 3. The first-order valence-electron chi connectivity index (χ1n) is 7.30. The van der Waals surface area contributed by atoms with E-state index in [0.29, 0.717) is 19.0 Å². The minimum Gasteiger partial charge on any atom is -0.481 e. The second-order valence-corrected chi connectivity index (χ2v) is 5.84. The van der Waals surface area contributed by atoms with Gasteiger partial charge in [-0.25, -0.2) is 4.79 Å². The molecule has 2 amide bonds. The monoisotopic (exact) mass is 285 g/mol. The maximum Gasteiger partial charge on any atom is 0.320 e.